The fourth-order valence-electron chi connectivity index (χ4n) is 1.88. The number of rotatable bonds is 3. The molecule has 0 aromatic heterocycles. The molecule has 4 nitrogen and oxygen atoms in total. The fourth-order valence-corrected chi connectivity index (χ4v) is 1.88. The van der Waals surface area contributed by atoms with Gasteiger partial charge in [-0.1, -0.05) is 6.92 Å². The molecule has 1 aromatic carbocycles. The first-order chi connectivity index (χ1) is 8.19. The van der Waals surface area contributed by atoms with Gasteiger partial charge in [-0.05, 0) is 12.5 Å². The molecule has 0 saturated carbocycles. The van der Waals surface area contributed by atoms with Crippen LogP contribution < -0.4 is 9.47 Å². The zero-order valence-electron chi connectivity index (χ0n) is 10.2. The van der Waals surface area contributed by atoms with E-state index in [2.05, 4.69) is 4.99 Å². The minimum atomic E-state index is 0.0906. The SMILES string of the molecule is CCC1=Nc2cc(OC)c(OC)cc2C(=O)C1. The topological polar surface area (TPSA) is 47.9 Å². The van der Waals surface area contributed by atoms with Gasteiger partial charge in [-0.3, -0.25) is 9.79 Å². The zero-order valence-corrected chi connectivity index (χ0v) is 10.2. The summed E-state index contributed by atoms with van der Waals surface area (Å²) in [4.78, 5) is 16.4. The predicted octanol–water partition coefficient (Wildman–Crippen LogP) is 2.77. The van der Waals surface area contributed by atoms with Gasteiger partial charge in [-0.15, -0.1) is 0 Å². The number of hydrogen-bond donors (Lipinski definition) is 0. The molecule has 0 amide bonds. The molecule has 2 rings (SSSR count). The summed E-state index contributed by atoms with van der Waals surface area (Å²) in [7, 11) is 3.12. The maximum Gasteiger partial charge on any atom is 0.170 e. The Hall–Kier alpha value is -1.84. The third-order valence-electron chi connectivity index (χ3n) is 2.85. The minimum Gasteiger partial charge on any atom is -0.493 e. The van der Waals surface area contributed by atoms with E-state index in [1.807, 2.05) is 6.92 Å². The van der Waals surface area contributed by atoms with E-state index in [-0.39, 0.29) is 5.78 Å². The first-order valence-electron chi connectivity index (χ1n) is 5.55. The average molecular weight is 233 g/mol. The van der Waals surface area contributed by atoms with Gasteiger partial charge in [0.15, 0.2) is 17.3 Å². The number of hydrogen-bond acceptors (Lipinski definition) is 4. The third kappa shape index (κ3) is 2.02. The molecule has 1 heterocycles. The first-order valence-corrected chi connectivity index (χ1v) is 5.55. The summed E-state index contributed by atoms with van der Waals surface area (Å²) < 4.78 is 10.4. The van der Waals surface area contributed by atoms with Crippen molar-refractivity contribution < 1.29 is 14.3 Å². The lowest BCUT2D eigenvalue weighted by Crippen LogP contribution is -2.12. The van der Waals surface area contributed by atoms with Crippen molar-refractivity contribution in [2.75, 3.05) is 14.2 Å². The van der Waals surface area contributed by atoms with Crippen LogP contribution in [-0.2, 0) is 0 Å². The molecule has 0 fully saturated rings. The Labute approximate surface area is 100 Å². The van der Waals surface area contributed by atoms with E-state index in [1.54, 1.807) is 26.4 Å². The number of benzene rings is 1. The maximum absolute atomic E-state index is 11.9. The van der Waals surface area contributed by atoms with E-state index in [0.717, 1.165) is 12.1 Å². The largest absolute Gasteiger partial charge is 0.493 e. The van der Waals surface area contributed by atoms with Crippen LogP contribution in [0.2, 0.25) is 0 Å². The Morgan fingerprint density at radius 1 is 1.24 bits per heavy atom. The lowest BCUT2D eigenvalue weighted by atomic mass is 9.98. The Morgan fingerprint density at radius 3 is 2.47 bits per heavy atom. The van der Waals surface area contributed by atoms with Crippen LogP contribution in [0.25, 0.3) is 0 Å². The quantitative estimate of drug-likeness (QED) is 0.806. The molecule has 4 heteroatoms. The Balaban J connectivity index is 2.57. The molecule has 0 atom stereocenters. The predicted molar refractivity (Wildman–Crippen MR) is 65.9 cm³/mol. The minimum absolute atomic E-state index is 0.0906. The van der Waals surface area contributed by atoms with Crippen LogP contribution in [0.1, 0.15) is 30.1 Å². The summed E-state index contributed by atoms with van der Waals surface area (Å²) in [6, 6.07) is 3.45. The number of methoxy groups -OCH3 is 2. The molecule has 0 radical (unpaired) electrons. The van der Waals surface area contributed by atoms with Crippen molar-refractivity contribution in [3.05, 3.63) is 17.7 Å². The monoisotopic (exact) mass is 233 g/mol. The summed E-state index contributed by atoms with van der Waals surface area (Å²) in [6.45, 7) is 2.00. The molecule has 1 aliphatic heterocycles. The van der Waals surface area contributed by atoms with Crippen molar-refractivity contribution in [1.29, 1.82) is 0 Å². The van der Waals surface area contributed by atoms with Gasteiger partial charge in [0.05, 0.1) is 19.9 Å². The highest BCUT2D eigenvalue weighted by atomic mass is 16.5. The number of ketones is 1. The number of fused-ring (bicyclic) bond motifs is 1. The van der Waals surface area contributed by atoms with Gasteiger partial charge in [0.25, 0.3) is 0 Å². The van der Waals surface area contributed by atoms with Gasteiger partial charge < -0.3 is 9.47 Å². The highest BCUT2D eigenvalue weighted by molar-refractivity contribution is 6.16. The molecule has 0 aliphatic carbocycles. The molecular formula is C13H15NO3. The van der Waals surface area contributed by atoms with E-state index >= 15 is 0 Å². The zero-order chi connectivity index (χ0) is 12.4. The van der Waals surface area contributed by atoms with Crippen molar-refractivity contribution in [3.63, 3.8) is 0 Å². The van der Waals surface area contributed by atoms with Crippen LogP contribution in [0.3, 0.4) is 0 Å². The van der Waals surface area contributed by atoms with Crippen molar-refractivity contribution in [3.8, 4) is 11.5 Å². The second-order valence-corrected chi connectivity index (χ2v) is 3.86. The van der Waals surface area contributed by atoms with Crippen LogP contribution in [0.4, 0.5) is 5.69 Å². The van der Waals surface area contributed by atoms with E-state index < -0.39 is 0 Å². The number of aliphatic imine (C=N–C) groups is 1. The van der Waals surface area contributed by atoms with Crippen molar-refractivity contribution >= 4 is 17.2 Å². The average Bonchev–Trinajstić information content (AvgIpc) is 2.36. The second kappa shape index (κ2) is 4.57. The molecule has 1 aromatic rings. The third-order valence-corrected chi connectivity index (χ3v) is 2.85. The second-order valence-electron chi connectivity index (χ2n) is 3.86. The summed E-state index contributed by atoms with van der Waals surface area (Å²) in [5.41, 5.74) is 2.20. The van der Waals surface area contributed by atoms with Crippen LogP contribution in [0.15, 0.2) is 17.1 Å². The fraction of sp³-hybridized carbons (Fsp3) is 0.385. The summed E-state index contributed by atoms with van der Waals surface area (Å²) in [6.07, 6.45) is 1.19. The number of carbonyl (C=O) groups is 1. The Morgan fingerprint density at radius 2 is 1.88 bits per heavy atom. The van der Waals surface area contributed by atoms with Crippen molar-refractivity contribution in [1.82, 2.24) is 0 Å². The van der Waals surface area contributed by atoms with Gasteiger partial charge in [-0.2, -0.15) is 0 Å². The summed E-state index contributed by atoms with van der Waals surface area (Å²) in [5.74, 6) is 1.25. The van der Waals surface area contributed by atoms with Crippen LogP contribution in [0.5, 0.6) is 11.5 Å². The smallest absolute Gasteiger partial charge is 0.170 e. The van der Waals surface area contributed by atoms with E-state index in [4.69, 9.17) is 9.47 Å². The van der Waals surface area contributed by atoms with Crippen LogP contribution >= 0.6 is 0 Å². The van der Waals surface area contributed by atoms with E-state index in [1.165, 1.54) is 0 Å². The molecule has 90 valence electrons. The number of ether oxygens (including phenoxy) is 2. The molecule has 17 heavy (non-hydrogen) atoms. The highest BCUT2D eigenvalue weighted by Crippen LogP contribution is 2.37. The van der Waals surface area contributed by atoms with Gasteiger partial charge in [0, 0.05) is 23.8 Å². The first kappa shape index (κ1) is 11.6. The lowest BCUT2D eigenvalue weighted by molar-refractivity contribution is 0.0999. The standard InChI is InChI=1S/C13H15NO3/c1-4-8-5-11(15)9-6-12(16-2)13(17-3)7-10(9)14-8/h6-7H,4-5H2,1-3H3. The summed E-state index contributed by atoms with van der Waals surface area (Å²) in [5, 5.41) is 0. The number of carbonyl (C=O) groups excluding carboxylic acids is 1. The molecule has 0 spiro atoms. The van der Waals surface area contributed by atoms with E-state index in [0.29, 0.717) is 29.2 Å². The Bertz CT molecular complexity index is 492. The van der Waals surface area contributed by atoms with E-state index in [9.17, 15) is 4.79 Å². The highest BCUT2D eigenvalue weighted by Gasteiger charge is 2.21. The van der Waals surface area contributed by atoms with Crippen LogP contribution in [-0.4, -0.2) is 25.7 Å². The normalized spacial score (nSPS) is 14.1. The molecule has 0 unspecified atom stereocenters. The molecule has 0 N–H and O–H groups in total. The Kier molecular flexibility index (Phi) is 3.13. The van der Waals surface area contributed by atoms with Gasteiger partial charge in [0.2, 0.25) is 0 Å². The van der Waals surface area contributed by atoms with Gasteiger partial charge in [-0.25, -0.2) is 0 Å². The molecule has 0 bridgehead atoms. The van der Waals surface area contributed by atoms with Gasteiger partial charge in [0.1, 0.15) is 0 Å². The molecular weight excluding hydrogens is 218 g/mol. The van der Waals surface area contributed by atoms with Crippen molar-refractivity contribution in [2.24, 2.45) is 4.99 Å². The molecule has 0 saturated heterocycles. The lowest BCUT2D eigenvalue weighted by Gasteiger charge is -2.16. The molecule has 1 aliphatic rings. The number of Topliss-reactive ketones (excluding diaryl/α,β-unsaturated/α-hetero) is 1. The van der Waals surface area contributed by atoms with Gasteiger partial charge >= 0.3 is 0 Å². The summed E-state index contributed by atoms with van der Waals surface area (Å²) >= 11 is 0. The number of nitrogens with zero attached hydrogens (tertiary/aromatic N) is 1. The maximum atomic E-state index is 11.9. The van der Waals surface area contributed by atoms with Crippen molar-refractivity contribution in [2.45, 2.75) is 19.8 Å². The van der Waals surface area contributed by atoms with Crippen LogP contribution in [0, 0.1) is 0 Å².